The Kier molecular flexibility index (Phi) is 2.55. The smallest absolute Gasteiger partial charge is 0.202 e. The van der Waals surface area contributed by atoms with Crippen molar-refractivity contribution >= 4 is 17.5 Å². The van der Waals surface area contributed by atoms with Gasteiger partial charge in [0.15, 0.2) is 0 Å². The maximum Gasteiger partial charge on any atom is 0.202 e. The van der Waals surface area contributed by atoms with E-state index in [0.29, 0.717) is 12.5 Å². The van der Waals surface area contributed by atoms with Gasteiger partial charge < -0.3 is 4.74 Å². The molecule has 3 heteroatoms. The Hall–Kier alpha value is -0.240. The molecule has 0 fully saturated rings. The monoisotopic (exact) mass is 161 g/mol. The summed E-state index contributed by atoms with van der Waals surface area (Å²) in [5, 5.41) is -0.0394. The van der Waals surface area contributed by atoms with E-state index in [2.05, 4.69) is 18.8 Å². The van der Waals surface area contributed by atoms with E-state index < -0.39 is 0 Å². The number of alkyl halides is 1. The van der Waals surface area contributed by atoms with Gasteiger partial charge >= 0.3 is 0 Å². The minimum atomic E-state index is -0.0394. The lowest BCUT2D eigenvalue weighted by Crippen LogP contribution is -2.20. The van der Waals surface area contributed by atoms with Crippen LogP contribution in [0.4, 0.5) is 0 Å². The van der Waals surface area contributed by atoms with Crippen molar-refractivity contribution in [2.24, 2.45) is 10.9 Å². The van der Waals surface area contributed by atoms with Gasteiger partial charge in [0.2, 0.25) is 5.90 Å². The predicted molar refractivity (Wildman–Crippen MR) is 42.7 cm³/mol. The zero-order valence-electron chi connectivity index (χ0n) is 6.30. The molecule has 1 atom stereocenters. The Morgan fingerprint density at radius 3 is 2.70 bits per heavy atom. The molecule has 1 heterocycles. The van der Waals surface area contributed by atoms with Crippen molar-refractivity contribution in [3.8, 4) is 0 Å². The van der Waals surface area contributed by atoms with Crippen LogP contribution in [0.5, 0.6) is 0 Å². The van der Waals surface area contributed by atoms with Crippen molar-refractivity contribution in [1.29, 1.82) is 0 Å². The first-order chi connectivity index (χ1) is 4.72. The Morgan fingerprint density at radius 1 is 1.60 bits per heavy atom. The molecule has 2 nitrogen and oxygen atoms in total. The SMILES string of the molecule is CC(C)C(Cl)C1=NCCO1. The third-order valence-electron chi connectivity index (χ3n) is 1.43. The van der Waals surface area contributed by atoms with Gasteiger partial charge in [-0.15, -0.1) is 11.6 Å². The molecule has 0 bridgehead atoms. The molecule has 1 unspecified atom stereocenters. The number of hydrogen-bond donors (Lipinski definition) is 0. The quantitative estimate of drug-likeness (QED) is 0.565. The molecule has 0 amide bonds. The lowest BCUT2D eigenvalue weighted by Gasteiger charge is -2.11. The highest BCUT2D eigenvalue weighted by Gasteiger charge is 2.20. The van der Waals surface area contributed by atoms with Crippen LogP contribution in [0.2, 0.25) is 0 Å². The molecule has 0 aromatic carbocycles. The van der Waals surface area contributed by atoms with Gasteiger partial charge in [0.05, 0.1) is 6.54 Å². The zero-order valence-corrected chi connectivity index (χ0v) is 7.06. The molecule has 0 aliphatic carbocycles. The number of ether oxygens (including phenoxy) is 1. The van der Waals surface area contributed by atoms with Gasteiger partial charge in [0.25, 0.3) is 0 Å². The lowest BCUT2D eigenvalue weighted by molar-refractivity contribution is 0.333. The van der Waals surface area contributed by atoms with Crippen molar-refractivity contribution in [3.05, 3.63) is 0 Å². The first-order valence-corrected chi connectivity index (χ1v) is 3.96. The third kappa shape index (κ3) is 1.63. The first-order valence-electron chi connectivity index (χ1n) is 3.53. The van der Waals surface area contributed by atoms with Crippen LogP contribution in [0.3, 0.4) is 0 Å². The van der Waals surface area contributed by atoms with Crippen molar-refractivity contribution in [3.63, 3.8) is 0 Å². The maximum atomic E-state index is 5.97. The molecular weight excluding hydrogens is 150 g/mol. The average molecular weight is 162 g/mol. The molecule has 0 aromatic heterocycles. The second-order valence-corrected chi connectivity index (χ2v) is 3.18. The van der Waals surface area contributed by atoms with E-state index in [-0.39, 0.29) is 5.38 Å². The van der Waals surface area contributed by atoms with Crippen LogP contribution in [-0.4, -0.2) is 24.4 Å². The second kappa shape index (κ2) is 3.24. The van der Waals surface area contributed by atoms with Crippen LogP contribution in [0.25, 0.3) is 0 Å². The highest BCUT2D eigenvalue weighted by molar-refractivity contribution is 6.31. The molecule has 1 rings (SSSR count). The van der Waals surface area contributed by atoms with Gasteiger partial charge in [-0.05, 0) is 5.92 Å². The maximum absolute atomic E-state index is 5.97. The summed E-state index contributed by atoms with van der Waals surface area (Å²) < 4.78 is 5.19. The normalized spacial score (nSPS) is 20.6. The summed E-state index contributed by atoms with van der Waals surface area (Å²) in [5.74, 6) is 1.12. The fourth-order valence-electron chi connectivity index (χ4n) is 0.804. The van der Waals surface area contributed by atoms with Crippen LogP contribution in [0.15, 0.2) is 4.99 Å². The molecule has 1 aliphatic rings. The van der Waals surface area contributed by atoms with Gasteiger partial charge in [-0.3, -0.25) is 4.99 Å². The summed E-state index contributed by atoms with van der Waals surface area (Å²) in [6.07, 6.45) is 0. The van der Waals surface area contributed by atoms with Crippen molar-refractivity contribution in [1.82, 2.24) is 0 Å². The highest BCUT2D eigenvalue weighted by atomic mass is 35.5. The number of halogens is 1. The Bertz CT molecular complexity index is 145. The van der Waals surface area contributed by atoms with Crippen LogP contribution in [0, 0.1) is 5.92 Å². The van der Waals surface area contributed by atoms with Gasteiger partial charge in [-0.25, -0.2) is 0 Å². The van der Waals surface area contributed by atoms with Crippen LogP contribution in [0.1, 0.15) is 13.8 Å². The Morgan fingerprint density at radius 2 is 2.30 bits per heavy atom. The van der Waals surface area contributed by atoms with Gasteiger partial charge in [-0.2, -0.15) is 0 Å². The van der Waals surface area contributed by atoms with Gasteiger partial charge in [-0.1, -0.05) is 13.8 Å². The van der Waals surface area contributed by atoms with Crippen molar-refractivity contribution in [2.75, 3.05) is 13.2 Å². The summed E-state index contributed by atoms with van der Waals surface area (Å²) >= 11 is 5.97. The lowest BCUT2D eigenvalue weighted by atomic mass is 10.1. The van der Waals surface area contributed by atoms with E-state index in [1.54, 1.807) is 0 Å². The number of nitrogens with zero attached hydrogens (tertiary/aromatic N) is 1. The molecule has 0 N–H and O–H groups in total. The summed E-state index contributed by atoms with van der Waals surface area (Å²) in [6.45, 7) is 5.58. The fraction of sp³-hybridized carbons (Fsp3) is 0.857. The summed E-state index contributed by atoms with van der Waals surface area (Å²) in [5.41, 5.74) is 0. The number of aliphatic imine (C=N–C) groups is 1. The van der Waals surface area contributed by atoms with Crippen LogP contribution in [-0.2, 0) is 4.74 Å². The summed E-state index contributed by atoms with van der Waals surface area (Å²) in [6, 6.07) is 0. The van der Waals surface area contributed by atoms with Gasteiger partial charge in [0.1, 0.15) is 12.0 Å². The third-order valence-corrected chi connectivity index (χ3v) is 2.12. The van der Waals surface area contributed by atoms with E-state index in [9.17, 15) is 0 Å². The molecule has 10 heavy (non-hydrogen) atoms. The van der Waals surface area contributed by atoms with E-state index in [0.717, 1.165) is 12.4 Å². The van der Waals surface area contributed by atoms with E-state index in [1.165, 1.54) is 0 Å². The average Bonchev–Trinajstić information content (AvgIpc) is 2.36. The molecule has 0 saturated heterocycles. The Balaban J connectivity index is 2.47. The first kappa shape index (κ1) is 7.86. The van der Waals surface area contributed by atoms with Gasteiger partial charge in [0, 0.05) is 0 Å². The minimum Gasteiger partial charge on any atom is -0.478 e. The zero-order chi connectivity index (χ0) is 7.56. The summed E-state index contributed by atoms with van der Waals surface area (Å²) in [7, 11) is 0. The molecule has 0 saturated carbocycles. The van der Waals surface area contributed by atoms with E-state index in [4.69, 9.17) is 16.3 Å². The fourth-order valence-corrected chi connectivity index (χ4v) is 0.936. The predicted octanol–water partition coefficient (Wildman–Crippen LogP) is 1.68. The molecule has 0 radical (unpaired) electrons. The van der Waals surface area contributed by atoms with Crippen LogP contribution >= 0.6 is 11.6 Å². The van der Waals surface area contributed by atoms with E-state index >= 15 is 0 Å². The molecule has 1 aliphatic heterocycles. The second-order valence-electron chi connectivity index (χ2n) is 2.71. The Labute approximate surface area is 66.2 Å². The number of hydrogen-bond acceptors (Lipinski definition) is 2. The minimum absolute atomic E-state index is 0.0394. The topological polar surface area (TPSA) is 21.6 Å². The van der Waals surface area contributed by atoms with Crippen molar-refractivity contribution in [2.45, 2.75) is 19.2 Å². The molecular formula is C7H12ClNO. The van der Waals surface area contributed by atoms with Crippen molar-refractivity contribution < 1.29 is 4.74 Å². The number of rotatable bonds is 2. The molecule has 0 aromatic rings. The van der Waals surface area contributed by atoms with E-state index in [1.807, 2.05) is 0 Å². The highest BCUT2D eigenvalue weighted by Crippen LogP contribution is 2.14. The standard InChI is InChI=1S/C7H12ClNO/c1-5(2)6(8)7-9-3-4-10-7/h5-6H,3-4H2,1-2H3. The molecule has 0 spiro atoms. The summed E-state index contributed by atoms with van der Waals surface area (Å²) in [4.78, 5) is 4.12. The largest absolute Gasteiger partial charge is 0.478 e. The van der Waals surface area contributed by atoms with Crippen LogP contribution < -0.4 is 0 Å². The molecule has 58 valence electrons.